The van der Waals surface area contributed by atoms with E-state index in [-0.39, 0.29) is 16.0 Å². The van der Waals surface area contributed by atoms with Gasteiger partial charge < -0.3 is 5.32 Å². The lowest BCUT2D eigenvalue weighted by Crippen LogP contribution is -2.32. The third kappa shape index (κ3) is 4.92. The highest BCUT2D eigenvalue weighted by atomic mass is 35.5. The van der Waals surface area contributed by atoms with Crippen LogP contribution < -0.4 is 10.0 Å². The number of nitrogens with zero attached hydrogens (tertiary/aromatic N) is 1. The Bertz CT molecular complexity index is 534. The van der Waals surface area contributed by atoms with Crippen LogP contribution >= 0.6 is 11.6 Å². The molecular formula is C13H22ClN3O2S. The Kier molecular flexibility index (Phi) is 6.71. The van der Waals surface area contributed by atoms with Crippen molar-refractivity contribution in [1.29, 1.82) is 0 Å². The van der Waals surface area contributed by atoms with Gasteiger partial charge in [0.1, 0.15) is 10.7 Å². The van der Waals surface area contributed by atoms with Crippen LogP contribution in [0.15, 0.2) is 17.2 Å². The molecule has 0 aliphatic heterocycles. The number of pyridine rings is 1. The Morgan fingerprint density at radius 1 is 1.40 bits per heavy atom. The Balaban J connectivity index is 2.75. The summed E-state index contributed by atoms with van der Waals surface area (Å²) in [5.41, 5.74) is 0. The maximum absolute atomic E-state index is 12.2. The van der Waals surface area contributed by atoms with Crippen LogP contribution in [-0.2, 0) is 10.0 Å². The molecule has 7 heteroatoms. The van der Waals surface area contributed by atoms with Crippen LogP contribution in [0.1, 0.15) is 39.5 Å². The highest BCUT2D eigenvalue weighted by Crippen LogP contribution is 2.22. The Labute approximate surface area is 126 Å². The number of unbranched alkanes of at least 4 members (excludes halogenated alkanes) is 2. The van der Waals surface area contributed by atoms with Gasteiger partial charge in [0.2, 0.25) is 10.0 Å². The maximum atomic E-state index is 12.2. The van der Waals surface area contributed by atoms with Gasteiger partial charge in [0, 0.05) is 19.3 Å². The zero-order valence-corrected chi connectivity index (χ0v) is 13.7. The number of hydrogen-bond donors (Lipinski definition) is 2. The van der Waals surface area contributed by atoms with Crippen LogP contribution in [0, 0.1) is 0 Å². The summed E-state index contributed by atoms with van der Waals surface area (Å²) in [6.45, 7) is 3.98. The molecule has 1 unspecified atom stereocenters. The molecule has 0 amide bonds. The van der Waals surface area contributed by atoms with E-state index in [0.717, 1.165) is 25.7 Å². The first-order valence-electron chi connectivity index (χ1n) is 6.76. The Morgan fingerprint density at radius 2 is 2.10 bits per heavy atom. The molecule has 1 atom stereocenters. The molecule has 0 spiro atoms. The average molecular weight is 320 g/mol. The fraction of sp³-hybridized carbons (Fsp3) is 0.615. The number of halogens is 1. The van der Waals surface area contributed by atoms with Gasteiger partial charge >= 0.3 is 0 Å². The zero-order chi connectivity index (χ0) is 15.2. The summed E-state index contributed by atoms with van der Waals surface area (Å²) in [7, 11) is -1.89. The van der Waals surface area contributed by atoms with Crippen molar-refractivity contribution < 1.29 is 8.42 Å². The molecular weight excluding hydrogens is 298 g/mol. The zero-order valence-electron chi connectivity index (χ0n) is 12.1. The molecule has 1 rings (SSSR count). The standard InChI is InChI=1S/C13H22ClN3O2S/c1-4-5-6-7-10(2)17-20(18,19)11-8-12(14)13(15-3)16-9-11/h8-10,17H,4-7H2,1-3H3,(H,15,16). The Hall–Kier alpha value is -0.850. The summed E-state index contributed by atoms with van der Waals surface area (Å²) in [6.07, 6.45) is 5.36. The second-order valence-electron chi connectivity index (χ2n) is 4.77. The van der Waals surface area contributed by atoms with Crippen LogP contribution in [0.3, 0.4) is 0 Å². The quantitative estimate of drug-likeness (QED) is 0.722. The second-order valence-corrected chi connectivity index (χ2v) is 6.89. The van der Waals surface area contributed by atoms with E-state index in [1.165, 1.54) is 12.3 Å². The Morgan fingerprint density at radius 3 is 2.65 bits per heavy atom. The van der Waals surface area contributed by atoms with E-state index in [4.69, 9.17) is 11.6 Å². The molecule has 0 saturated carbocycles. The third-order valence-electron chi connectivity index (χ3n) is 2.96. The van der Waals surface area contributed by atoms with E-state index < -0.39 is 10.0 Å². The predicted molar refractivity (Wildman–Crippen MR) is 82.7 cm³/mol. The van der Waals surface area contributed by atoms with Crippen LogP contribution in [0.4, 0.5) is 5.82 Å². The fourth-order valence-electron chi connectivity index (χ4n) is 1.84. The van der Waals surface area contributed by atoms with Gasteiger partial charge in [0.15, 0.2) is 0 Å². The van der Waals surface area contributed by atoms with Crippen molar-refractivity contribution in [3.8, 4) is 0 Å². The molecule has 0 radical (unpaired) electrons. The van der Waals surface area contributed by atoms with Crippen molar-refractivity contribution >= 4 is 27.4 Å². The van der Waals surface area contributed by atoms with Crippen molar-refractivity contribution in [3.05, 3.63) is 17.3 Å². The number of sulfonamides is 1. The minimum atomic E-state index is -3.57. The van der Waals surface area contributed by atoms with Crippen LogP contribution in [0.25, 0.3) is 0 Å². The molecule has 0 fully saturated rings. The number of hydrogen-bond acceptors (Lipinski definition) is 4. The van der Waals surface area contributed by atoms with Gasteiger partial charge in [0.25, 0.3) is 0 Å². The molecule has 2 N–H and O–H groups in total. The predicted octanol–water partition coefficient (Wildman–Crippen LogP) is 3.02. The molecule has 0 aliphatic carbocycles. The van der Waals surface area contributed by atoms with Crippen LogP contribution in [-0.4, -0.2) is 26.5 Å². The number of anilines is 1. The monoisotopic (exact) mass is 319 g/mol. The summed E-state index contributed by atoms with van der Waals surface area (Å²) in [5.74, 6) is 0.460. The smallest absolute Gasteiger partial charge is 0.242 e. The van der Waals surface area contributed by atoms with Gasteiger partial charge in [-0.05, 0) is 19.4 Å². The lowest BCUT2D eigenvalue weighted by Gasteiger charge is -2.14. The number of rotatable bonds is 8. The first-order valence-corrected chi connectivity index (χ1v) is 8.62. The van der Waals surface area contributed by atoms with Gasteiger partial charge in [-0.15, -0.1) is 0 Å². The summed E-state index contributed by atoms with van der Waals surface area (Å²) in [6, 6.07) is 1.30. The molecule has 5 nitrogen and oxygen atoms in total. The normalized spacial score (nSPS) is 13.2. The molecule has 0 aliphatic rings. The van der Waals surface area contributed by atoms with E-state index >= 15 is 0 Å². The van der Waals surface area contributed by atoms with E-state index in [0.29, 0.717) is 5.82 Å². The first-order chi connectivity index (χ1) is 9.40. The lowest BCUT2D eigenvalue weighted by atomic mass is 10.1. The molecule has 114 valence electrons. The summed E-state index contributed by atoms with van der Waals surface area (Å²) in [4.78, 5) is 4.07. The SMILES string of the molecule is CCCCCC(C)NS(=O)(=O)c1cnc(NC)c(Cl)c1. The van der Waals surface area contributed by atoms with Gasteiger partial charge in [-0.2, -0.15) is 0 Å². The van der Waals surface area contributed by atoms with Crippen LogP contribution in [0.2, 0.25) is 5.02 Å². The molecule has 0 saturated heterocycles. The summed E-state index contributed by atoms with van der Waals surface area (Å²) < 4.78 is 27.0. The van der Waals surface area contributed by atoms with Crippen molar-refractivity contribution in [1.82, 2.24) is 9.71 Å². The fourth-order valence-corrected chi connectivity index (χ4v) is 3.42. The average Bonchev–Trinajstić information content (AvgIpc) is 2.38. The largest absolute Gasteiger partial charge is 0.372 e. The summed E-state index contributed by atoms with van der Waals surface area (Å²) >= 11 is 5.96. The van der Waals surface area contributed by atoms with E-state index in [1.807, 2.05) is 6.92 Å². The minimum Gasteiger partial charge on any atom is -0.372 e. The van der Waals surface area contributed by atoms with Gasteiger partial charge in [-0.3, -0.25) is 0 Å². The topological polar surface area (TPSA) is 71.1 Å². The van der Waals surface area contributed by atoms with Crippen molar-refractivity contribution in [2.45, 2.75) is 50.5 Å². The molecule has 0 aromatic carbocycles. The third-order valence-corrected chi connectivity index (χ3v) is 4.80. The van der Waals surface area contributed by atoms with Crippen molar-refractivity contribution in [3.63, 3.8) is 0 Å². The van der Waals surface area contributed by atoms with Crippen molar-refractivity contribution in [2.24, 2.45) is 0 Å². The maximum Gasteiger partial charge on any atom is 0.242 e. The number of aromatic nitrogens is 1. The second kappa shape index (κ2) is 7.81. The first kappa shape index (κ1) is 17.2. The molecule has 1 aromatic heterocycles. The van der Waals surface area contributed by atoms with Gasteiger partial charge in [-0.25, -0.2) is 18.1 Å². The van der Waals surface area contributed by atoms with E-state index in [9.17, 15) is 8.42 Å². The van der Waals surface area contributed by atoms with Gasteiger partial charge in [-0.1, -0.05) is 37.8 Å². The van der Waals surface area contributed by atoms with E-state index in [1.54, 1.807) is 7.05 Å². The van der Waals surface area contributed by atoms with Gasteiger partial charge in [0.05, 0.1) is 5.02 Å². The highest BCUT2D eigenvalue weighted by Gasteiger charge is 2.18. The van der Waals surface area contributed by atoms with Crippen LogP contribution in [0.5, 0.6) is 0 Å². The number of nitrogens with one attached hydrogen (secondary N) is 2. The van der Waals surface area contributed by atoms with Crippen molar-refractivity contribution in [2.75, 3.05) is 12.4 Å². The lowest BCUT2D eigenvalue weighted by molar-refractivity contribution is 0.527. The minimum absolute atomic E-state index is 0.0869. The molecule has 1 heterocycles. The summed E-state index contributed by atoms with van der Waals surface area (Å²) in [5, 5.41) is 3.08. The molecule has 0 bridgehead atoms. The molecule has 20 heavy (non-hydrogen) atoms. The molecule has 1 aromatic rings. The highest BCUT2D eigenvalue weighted by molar-refractivity contribution is 7.89. The van der Waals surface area contributed by atoms with E-state index in [2.05, 4.69) is 21.9 Å².